The first-order valence-corrected chi connectivity index (χ1v) is 11.2. The molecule has 2 aromatic rings. The monoisotopic (exact) mass is 455 g/mol. The number of halogens is 1. The molecule has 0 saturated heterocycles. The van der Waals surface area contributed by atoms with E-state index < -0.39 is 0 Å². The van der Waals surface area contributed by atoms with Crippen molar-refractivity contribution in [3.8, 4) is 0 Å². The summed E-state index contributed by atoms with van der Waals surface area (Å²) in [7, 11) is 1.73. The average molecular weight is 456 g/mol. The highest BCUT2D eigenvalue weighted by Crippen LogP contribution is 2.22. The van der Waals surface area contributed by atoms with Gasteiger partial charge in [-0.25, -0.2) is 0 Å². The van der Waals surface area contributed by atoms with Crippen molar-refractivity contribution < 1.29 is 9.59 Å². The first kappa shape index (κ1) is 23.0. The lowest BCUT2D eigenvalue weighted by atomic mass is 9.95. The van der Waals surface area contributed by atoms with Crippen LogP contribution in [0.2, 0.25) is 5.02 Å². The SMILES string of the molecule is CN(C(=S)NC(=O)C=Cc1ccccc1Cl)c1ccccc1C(=O)NC1CCCCC1. The Bertz CT molecular complexity index is 986. The third-order valence-electron chi connectivity index (χ3n) is 5.30. The Kier molecular flexibility index (Phi) is 8.20. The second-order valence-corrected chi connectivity index (χ2v) is 8.33. The van der Waals surface area contributed by atoms with E-state index in [1.54, 1.807) is 30.2 Å². The topological polar surface area (TPSA) is 61.4 Å². The molecule has 0 aliphatic heterocycles. The van der Waals surface area contributed by atoms with Crippen LogP contribution in [0.1, 0.15) is 48.0 Å². The van der Waals surface area contributed by atoms with Crippen LogP contribution in [0.15, 0.2) is 54.6 Å². The number of rotatable bonds is 5. The van der Waals surface area contributed by atoms with Gasteiger partial charge in [-0.2, -0.15) is 0 Å². The van der Waals surface area contributed by atoms with Crippen molar-refractivity contribution in [2.75, 3.05) is 11.9 Å². The van der Waals surface area contributed by atoms with Gasteiger partial charge in [-0.05, 0) is 54.9 Å². The van der Waals surface area contributed by atoms with Crippen molar-refractivity contribution in [1.82, 2.24) is 10.6 Å². The Morgan fingerprint density at radius 3 is 2.48 bits per heavy atom. The standard InChI is InChI=1S/C24H26ClN3O2S/c1-28(24(31)27-22(29)16-15-17-9-5-7-13-20(17)25)21-14-8-6-12-19(21)23(30)26-18-10-3-2-4-11-18/h5-9,12-16,18H,2-4,10-11H2,1H3,(H,26,30)(H,27,29,31). The van der Waals surface area contributed by atoms with Gasteiger partial charge in [-0.1, -0.05) is 61.2 Å². The summed E-state index contributed by atoms with van der Waals surface area (Å²) in [6, 6.07) is 14.7. The largest absolute Gasteiger partial charge is 0.349 e. The van der Waals surface area contributed by atoms with Crippen LogP contribution in [0.3, 0.4) is 0 Å². The summed E-state index contributed by atoms with van der Waals surface area (Å²) in [6.45, 7) is 0. The molecule has 1 fully saturated rings. The van der Waals surface area contributed by atoms with Crippen LogP contribution < -0.4 is 15.5 Å². The van der Waals surface area contributed by atoms with Crippen LogP contribution in [0.25, 0.3) is 6.08 Å². The summed E-state index contributed by atoms with van der Waals surface area (Å²) >= 11 is 11.5. The number of amides is 2. The number of hydrogen-bond donors (Lipinski definition) is 2. The van der Waals surface area contributed by atoms with E-state index in [9.17, 15) is 9.59 Å². The van der Waals surface area contributed by atoms with Crippen LogP contribution in [0.5, 0.6) is 0 Å². The van der Waals surface area contributed by atoms with Crippen LogP contribution in [-0.4, -0.2) is 30.0 Å². The van der Waals surface area contributed by atoms with Crippen molar-refractivity contribution in [3.05, 3.63) is 70.8 Å². The molecule has 1 aliphatic carbocycles. The maximum atomic E-state index is 12.9. The lowest BCUT2D eigenvalue weighted by molar-refractivity contribution is -0.115. The fraction of sp³-hybridized carbons (Fsp3) is 0.292. The van der Waals surface area contributed by atoms with E-state index in [2.05, 4.69) is 10.6 Å². The zero-order chi connectivity index (χ0) is 22.2. The predicted molar refractivity (Wildman–Crippen MR) is 130 cm³/mol. The Hall–Kier alpha value is -2.70. The van der Waals surface area contributed by atoms with Crippen LogP contribution in [0, 0.1) is 0 Å². The van der Waals surface area contributed by atoms with Gasteiger partial charge in [0.05, 0.1) is 11.3 Å². The summed E-state index contributed by atoms with van der Waals surface area (Å²) in [5.41, 5.74) is 1.90. The van der Waals surface area contributed by atoms with Crippen molar-refractivity contribution in [2.24, 2.45) is 0 Å². The van der Waals surface area contributed by atoms with Gasteiger partial charge in [0.15, 0.2) is 5.11 Å². The first-order chi connectivity index (χ1) is 15.0. The minimum absolute atomic E-state index is 0.123. The van der Waals surface area contributed by atoms with Crippen LogP contribution in [-0.2, 0) is 4.79 Å². The van der Waals surface area contributed by atoms with Crippen LogP contribution in [0.4, 0.5) is 5.69 Å². The number of benzene rings is 2. The van der Waals surface area contributed by atoms with Crippen LogP contribution >= 0.6 is 23.8 Å². The highest BCUT2D eigenvalue weighted by Gasteiger charge is 2.21. The second kappa shape index (κ2) is 11.1. The molecule has 0 heterocycles. The van der Waals surface area contributed by atoms with Gasteiger partial charge < -0.3 is 10.2 Å². The molecule has 2 amide bonds. The maximum absolute atomic E-state index is 12.9. The van der Waals surface area contributed by atoms with Crippen molar-refractivity contribution in [3.63, 3.8) is 0 Å². The molecule has 0 aromatic heterocycles. The van der Waals surface area contributed by atoms with Gasteiger partial charge in [0, 0.05) is 24.2 Å². The minimum Gasteiger partial charge on any atom is -0.349 e. The molecule has 0 spiro atoms. The number of carbonyl (C=O) groups is 2. The Morgan fingerprint density at radius 1 is 1.06 bits per heavy atom. The Balaban J connectivity index is 1.65. The molecule has 5 nitrogen and oxygen atoms in total. The molecular weight excluding hydrogens is 430 g/mol. The summed E-state index contributed by atoms with van der Waals surface area (Å²) in [4.78, 5) is 26.8. The number of hydrogen-bond acceptors (Lipinski definition) is 3. The van der Waals surface area contributed by atoms with Gasteiger partial charge >= 0.3 is 0 Å². The summed E-state index contributed by atoms with van der Waals surface area (Å²) in [6.07, 6.45) is 8.54. The Labute approximate surface area is 193 Å². The molecule has 31 heavy (non-hydrogen) atoms. The molecule has 1 saturated carbocycles. The molecule has 3 rings (SSSR count). The summed E-state index contributed by atoms with van der Waals surface area (Å²) in [5.74, 6) is -0.497. The molecule has 0 radical (unpaired) electrons. The molecule has 1 aliphatic rings. The molecule has 0 bridgehead atoms. The van der Waals surface area contributed by atoms with E-state index in [0.717, 1.165) is 31.2 Å². The van der Waals surface area contributed by atoms with Gasteiger partial charge in [-0.3, -0.25) is 14.9 Å². The van der Waals surface area contributed by atoms with E-state index in [0.29, 0.717) is 16.3 Å². The number of carbonyl (C=O) groups excluding carboxylic acids is 2. The Morgan fingerprint density at radius 2 is 1.74 bits per heavy atom. The maximum Gasteiger partial charge on any atom is 0.253 e. The zero-order valence-electron chi connectivity index (χ0n) is 17.4. The number of thiocarbonyl (C=S) groups is 1. The average Bonchev–Trinajstić information content (AvgIpc) is 2.78. The quantitative estimate of drug-likeness (QED) is 0.494. The molecular formula is C24H26ClN3O2S. The third kappa shape index (κ3) is 6.39. The molecule has 2 N–H and O–H groups in total. The van der Waals surface area contributed by atoms with Gasteiger partial charge in [-0.15, -0.1) is 0 Å². The van der Waals surface area contributed by atoms with E-state index >= 15 is 0 Å². The minimum atomic E-state index is -0.374. The third-order valence-corrected chi connectivity index (χ3v) is 6.02. The highest BCUT2D eigenvalue weighted by atomic mass is 35.5. The van der Waals surface area contributed by atoms with Crippen molar-refractivity contribution >= 4 is 52.5 Å². The predicted octanol–water partition coefficient (Wildman–Crippen LogP) is 4.95. The van der Waals surface area contributed by atoms with Crippen molar-refractivity contribution in [2.45, 2.75) is 38.1 Å². The molecule has 162 valence electrons. The lowest BCUT2D eigenvalue weighted by Gasteiger charge is -2.25. The van der Waals surface area contributed by atoms with E-state index in [1.807, 2.05) is 36.4 Å². The van der Waals surface area contributed by atoms with Gasteiger partial charge in [0.25, 0.3) is 5.91 Å². The fourth-order valence-electron chi connectivity index (χ4n) is 3.58. The fourth-order valence-corrected chi connectivity index (χ4v) is 3.98. The molecule has 7 heteroatoms. The van der Waals surface area contributed by atoms with E-state index in [1.165, 1.54) is 12.5 Å². The molecule has 0 atom stereocenters. The number of nitrogens with one attached hydrogen (secondary N) is 2. The summed E-state index contributed by atoms with van der Waals surface area (Å²) < 4.78 is 0. The zero-order valence-corrected chi connectivity index (χ0v) is 19.0. The highest BCUT2D eigenvalue weighted by molar-refractivity contribution is 7.80. The van der Waals surface area contributed by atoms with Gasteiger partial charge in [0.2, 0.25) is 5.91 Å². The number of nitrogens with zero attached hydrogens (tertiary/aromatic N) is 1. The first-order valence-electron chi connectivity index (χ1n) is 10.4. The van der Waals surface area contributed by atoms with Gasteiger partial charge in [0.1, 0.15) is 0 Å². The number of anilines is 1. The molecule has 2 aromatic carbocycles. The smallest absolute Gasteiger partial charge is 0.253 e. The number of para-hydroxylation sites is 1. The normalized spacial score (nSPS) is 14.3. The lowest BCUT2D eigenvalue weighted by Crippen LogP contribution is -2.41. The molecule has 0 unspecified atom stereocenters. The summed E-state index contributed by atoms with van der Waals surface area (Å²) in [5, 5.41) is 6.57. The van der Waals surface area contributed by atoms with E-state index in [4.69, 9.17) is 23.8 Å². The van der Waals surface area contributed by atoms with E-state index in [-0.39, 0.29) is 23.0 Å². The second-order valence-electron chi connectivity index (χ2n) is 7.53. The van der Waals surface area contributed by atoms with Crippen molar-refractivity contribution in [1.29, 1.82) is 0 Å².